The summed E-state index contributed by atoms with van der Waals surface area (Å²) >= 11 is 6.13. The minimum Gasteiger partial charge on any atom is -0.465 e. The zero-order valence-corrected chi connectivity index (χ0v) is 20.6. The number of carbonyl (C=O) groups is 3. The molecule has 1 heterocycles. The molecule has 4 rings (SSSR count). The number of rotatable bonds is 7. The second-order valence-corrected chi connectivity index (χ2v) is 9.04. The Bertz CT molecular complexity index is 1210. The summed E-state index contributed by atoms with van der Waals surface area (Å²) < 4.78 is 4.86. The van der Waals surface area contributed by atoms with E-state index < -0.39 is 17.9 Å². The lowest BCUT2D eigenvalue weighted by Crippen LogP contribution is -2.47. The number of methoxy groups -OCH3 is 1. The number of ether oxygens (including phenoxy) is 1. The molecule has 0 bridgehead atoms. The Labute approximate surface area is 214 Å². The molecule has 2 amide bonds. The third-order valence-electron chi connectivity index (χ3n) is 6.19. The van der Waals surface area contributed by atoms with Crippen LogP contribution in [0.2, 0.25) is 5.02 Å². The minimum atomic E-state index is -1.05. The molecule has 0 radical (unpaired) electrons. The van der Waals surface area contributed by atoms with E-state index in [2.05, 4.69) is 15.3 Å². The fourth-order valence-corrected chi connectivity index (χ4v) is 4.53. The topological polar surface area (TPSA) is 101 Å². The van der Waals surface area contributed by atoms with E-state index in [0.717, 1.165) is 32.1 Å². The Morgan fingerprint density at radius 1 is 1.06 bits per heavy atom. The van der Waals surface area contributed by atoms with Gasteiger partial charge in [-0.15, -0.1) is 0 Å². The summed E-state index contributed by atoms with van der Waals surface area (Å²) in [6.45, 7) is 0. The van der Waals surface area contributed by atoms with Gasteiger partial charge in [0.15, 0.2) is 0 Å². The molecule has 1 saturated carbocycles. The average molecular weight is 507 g/mol. The van der Waals surface area contributed by atoms with Crippen LogP contribution in [0.5, 0.6) is 0 Å². The van der Waals surface area contributed by atoms with Crippen LogP contribution in [0.25, 0.3) is 0 Å². The summed E-state index contributed by atoms with van der Waals surface area (Å²) in [7, 11) is 1.28. The number of esters is 1. The molecular weight excluding hydrogens is 480 g/mol. The number of hydrogen-bond acceptors (Lipinski definition) is 6. The Morgan fingerprint density at radius 2 is 1.81 bits per heavy atom. The third-order valence-corrected chi connectivity index (χ3v) is 6.44. The van der Waals surface area contributed by atoms with Crippen LogP contribution in [-0.2, 0) is 9.53 Å². The molecule has 3 aromatic rings. The van der Waals surface area contributed by atoms with Gasteiger partial charge >= 0.3 is 5.97 Å². The van der Waals surface area contributed by atoms with Gasteiger partial charge in [0.05, 0.1) is 18.9 Å². The zero-order valence-electron chi connectivity index (χ0n) is 19.9. The molecule has 0 spiro atoms. The largest absolute Gasteiger partial charge is 0.465 e. The molecule has 36 heavy (non-hydrogen) atoms. The smallest absolute Gasteiger partial charge is 0.337 e. The predicted octanol–water partition coefficient (Wildman–Crippen LogP) is 4.75. The minimum absolute atomic E-state index is 0.0240. The van der Waals surface area contributed by atoms with Gasteiger partial charge in [0.2, 0.25) is 5.91 Å². The van der Waals surface area contributed by atoms with Crippen molar-refractivity contribution in [1.82, 2.24) is 15.3 Å². The predicted molar refractivity (Wildman–Crippen MR) is 136 cm³/mol. The van der Waals surface area contributed by atoms with Gasteiger partial charge in [-0.2, -0.15) is 0 Å². The van der Waals surface area contributed by atoms with Crippen LogP contribution in [-0.4, -0.2) is 40.9 Å². The van der Waals surface area contributed by atoms with Crippen LogP contribution in [0.15, 0.2) is 67.1 Å². The van der Waals surface area contributed by atoms with Crippen molar-refractivity contribution in [3.8, 4) is 0 Å². The highest BCUT2D eigenvalue weighted by Crippen LogP contribution is 2.31. The van der Waals surface area contributed by atoms with Crippen molar-refractivity contribution in [2.75, 3.05) is 12.0 Å². The second kappa shape index (κ2) is 11.8. The molecule has 1 N–H and O–H groups in total. The van der Waals surface area contributed by atoms with Gasteiger partial charge in [-0.1, -0.05) is 49.1 Å². The van der Waals surface area contributed by atoms with E-state index in [4.69, 9.17) is 16.3 Å². The standard InChI is InChI=1S/C27H27ClN4O4/c1-36-27(35)19-6-5-9-22(16-19)32(26(34)23-17-29-14-15-30-23)24(18-10-12-20(28)13-11-18)25(33)31-21-7-3-2-4-8-21/h5-6,9-17,21,24H,2-4,7-8H2,1H3,(H,31,33). The molecule has 1 atom stereocenters. The van der Waals surface area contributed by atoms with Crippen LogP contribution < -0.4 is 10.2 Å². The first-order valence-corrected chi connectivity index (χ1v) is 12.2. The summed E-state index contributed by atoms with van der Waals surface area (Å²) in [6.07, 6.45) is 9.22. The molecule has 1 fully saturated rings. The molecule has 186 valence electrons. The number of benzene rings is 2. The van der Waals surface area contributed by atoms with Crippen LogP contribution in [0.3, 0.4) is 0 Å². The summed E-state index contributed by atoms with van der Waals surface area (Å²) in [5.41, 5.74) is 1.21. The number of carbonyl (C=O) groups excluding carboxylic acids is 3. The lowest BCUT2D eigenvalue weighted by atomic mass is 9.94. The lowest BCUT2D eigenvalue weighted by molar-refractivity contribution is -0.123. The maximum atomic E-state index is 13.9. The quantitative estimate of drug-likeness (QED) is 0.464. The number of aromatic nitrogens is 2. The number of hydrogen-bond donors (Lipinski definition) is 1. The second-order valence-electron chi connectivity index (χ2n) is 8.61. The van der Waals surface area contributed by atoms with Crippen molar-refractivity contribution < 1.29 is 19.1 Å². The van der Waals surface area contributed by atoms with Gasteiger partial charge in [-0.3, -0.25) is 19.5 Å². The van der Waals surface area contributed by atoms with Gasteiger partial charge < -0.3 is 10.1 Å². The van der Waals surface area contributed by atoms with Gasteiger partial charge in [0.25, 0.3) is 5.91 Å². The Hall–Kier alpha value is -3.78. The first-order valence-electron chi connectivity index (χ1n) is 11.8. The highest BCUT2D eigenvalue weighted by Gasteiger charge is 2.35. The number of nitrogens with one attached hydrogen (secondary N) is 1. The van der Waals surface area contributed by atoms with Gasteiger partial charge in [-0.25, -0.2) is 9.78 Å². The maximum Gasteiger partial charge on any atom is 0.337 e. The van der Waals surface area contributed by atoms with Crippen molar-refractivity contribution in [2.45, 2.75) is 44.2 Å². The Balaban J connectivity index is 1.83. The van der Waals surface area contributed by atoms with E-state index in [1.165, 1.54) is 36.7 Å². The van der Waals surface area contributed by atoms with Gasteiger partial charge in [0, 0.05) is 29.1 Å². The number of anilines is 1. The summed E-state index contributed by atoms with van der Waals surface area (Å²) in [5, 5.41) is 3.65. The molecule has 1 aliphatic carbocycles. The van der Waals surface area contributed by atoms with Crippen molar-refractivity contribution in [3.63, 3.8) is 0 Å². The van der Waals surface area contributed by atoms with Crippen molar-refractivity contribution in [1.29, 1.82) is 0 Å². The number of nitrogens with zero attached hydrogens (tertiary/aromatic N) is 3. The molecule has 0 saturated heterocycles. The SMILES string of the molecule is COC(=O)c1cccc(N(C(=O)c2cnccn2)C(C(=O)NC2CCCCC2)c2ccc(Cl)cc2)c1. The summed E-state index contributed by atoms with van der Waals surface area (Å²) in [6, 6.07) is 12.2. The molecule has 1 unspecified atom stereocenters. The van der Waals surface area contributed by atoms with Crippen molar-refractivity contribution in [2.24, 2.45) is 0 Å². The summed E-state index contributed by atoms with van der Waals surface area (Å²) in [5.74, 6) is -1.42. The van der Waals surface area contributed by atoms with Crippen molar-refractivity contribution >= 4 is 35.1 Å². The fourth-order valence-electron chi connectivity index (χ4n) is 4.41. The van der Waals surface area contributed by atoms with Gasteiger partial charge in [-0.05, 0) is 48.7 Å². The van der Waals surface area contributed by atoms with Gasteiger partial charge in [0.1, 0.15) is 11.7 Å². The number of halogens is 1. The molecule has 1 aliphatic rings. The normalized spacial score (nSPS) is 14.5. The molecule has 2 aromatic carbocycles. The first-order chi connectivity index (χ1) is 17.5. The van der Waals surface area contributed by atoms with Crippen LogP contribution in [0, 0.1) is 0 Å². The van der Waals surface area contributed by atoms with Crippen molar-refractivity contribution in [3.05, 3.63) is 89.0 Å². The summed E-state index contributed by atoms with van der Waals surface area (Å²) in [4.78, 5) is 49.5. The Morgan fingerprint density at radius 3 is 2.47 bits per heavy atom. The van der Waals surface area contributed by atoms with E-state index in [9.17, 15) is 14.4 Å². The zero-order chi connectivity index (χ0) is 25.5. The molecule has 8 nitrogen and oxygen atoms in total. The van der Waals surface area contributed by atoms with E-state index in [1.807, 2.05) is 0 Å². The molecular formula is C27H27ClN4O4. The van der Waals surface area contributed by atoms with E-state index in [1.54, 1.807) is 42.5 Å². The monoisotopic (exact) mass is 506 g/mol. The molecule has 0 aliphatic heterocycles. The van der Waals surface area contributed by atoms with E-state index in [0.29, 0.717) is 16.3 Å². The fraction of sp³-hybridized carbons (Fsp3) is 0.296. The average Bonchev–Trinajstić information content (AvgIpc) is 2.92. The van der Waals surface area contributed by atoms with E-state index in [-0.39, 0.29) is 23.2 Å². The maximum absolute atomic E-state index is 13.9. The highest BCUT2D eigenvalue weighted by atomic mass is 35.5. The lowest BCUT2D eigenvalue weighted by Gasteiger charge is -2.33. The third kappa shape index (κ3) is 5.88. The number of amides is 2. The molecule has 9 heteroatoms. The Kier molecular flexibility index (Phi) is 8.28. The molecule has 1 aromatic heterocycles. The van der Waals surface area contributed by atoms with Crippen LogP contribution in [0.1, 0.15) is 64.6 Å². The van der Waals surface area contributed by atoms with Crippen LogP contribution in [0.4, 0.5) is 5.69 Å². The van der Waals surface area contributed by atoms with E-state index >= 15 is 0 Å². The van der Waals surface area contributed by atoms with Crippen LogP contribution >= 0.6 is 11.6 Å². The highest BCUT2D eigenvalue weighted by molar-refractivity contribution is 6.30. The first kappa shape index (κ1) is 25.3.